The lowest BCUT2D eigenvalue weighted by atomic mass is 10.1. The van der Waals surface area contributed by atoms with E-state index in [1.165, 1.54) is 0 Å². The van der Waals surface area contributed by atoms with Crippen molar-refractivity contribution in [3.63, 3.8) is 0 Å². The molecule has 2 aromatic heterocycles. The highest BCUT2D eigenvalue weighted by Crippen LogP contribution is 2.36. The number of nitrogens with zero attached hydrogens (tertiary/aromatic N) is 8. The number of thiocarbonyl (C=S) groups is 1. The van der Waals surface area contributed by atoms with Gasteiger partial charge in [-0.05, 0) is 78.3 Å². The lowest BCUT2D eigenvalue weighted by Crippen LogP contribution is -2.40. The van der Waals surface area contributed by atoms with Gasteiger partial charge < -0.3 is 43.9 Å². The maximum absolute atomic E-state index is 13.0. The molecule has 1 N–H and O–H groups in total. The first-order valence-corrected chi connectivity index (χ1v) is 19.5. The minimum absolute atomic E-state index is 0.0000301. The summed E-state index contributed by atoms with van der Waals surface area (Å²) in [5.74, 6) is 3.56. The van der Waals surface area contributed by atoms with Crippen LogP contribution in [-0.2, 0) is 29.0 Å². The number of rotatable bonds is 11. The standard InChI is InChI=1S/C42H45N9O5S/c1-53-34-11-3-29(4-12-34)27-50(28-30-5-13-35(54-2)14-6-30)40-43-25-32(26-44-40)37-36-15-16-51(38(36)47-41(46-37)49-19-23-56-24-20-49)42(57)45-33-9-7-31(8-10-33)39(52)48-17-21-55-22-18-48/h3-14,25-26H,15-24,27-28H2,1-2H3,(H,45,57). The van der Waals surface area contributed by atoms with Crippen LogP contribution in [0.25, 0.3) is 11.3 Å². The fourth-order valence-corrected chi connectivity index (χ4v) is 7.42. The van der Waals surface area contributed by atoms with Gasteiger partial charge in [-0.15, -0.1) is 0 Å². The molecule has 8 rings (SSSR count). The van der Waals surface area contributed by atoms with E-state index < -0.39 is 0 Å². The van der Waals surface area contributed by atoms with E-state index in [1.54, 1.807) is 14.2 Å². The molecule has 0 atom stereocenters. The summed E-state index contributed by atoms with van der Waals surface area (Å²) in [4.78, 5) is 41.2. The molecule has 3 aromatic carbocycles. The molecule has 5 aromatic rings. The minimum atomic E-state index is -0.0000301. The van der Waals surface area contributed by atoms with Crippen LogP contribution < -0.4 is 29.5 Å². The first kappa shape index (κ1) is 38.0. The SMILES string of the molecule is COc1ccc(CN(Cc2ccc(OC)cc2)c2ncc(-c3nc(N4CCOCC4)nc4c3CCN4C(=S)Nc3ccc(C(=O)N4CCOCC4)cc3)cn2)cc1. The van der Waals surface area contributed by atoms with Crippen molar-refractivity contribution in [2.45, 2.75) is 19.5 Å². The number of methoxy groups -OCH3 is 2. The largest absolute Gasteiger partial charge is 0.497 e. The summed E-state index contributed by atoms with van der Waals surface area (Å²) in [5.41, 5.74) is 6.17. The third-order valence-electron chi connectivity index (χ3n) is 10.3. The maximum atomic E-state index is 13.0. The Balaban J connectivity index is 1.06. The molecule has 2 saturated heterocycles. The Bertz CT molecular complexity index is 2110. The Hall–Kier alpha value is -5.90. The average molecular weight is 788 g/mol. The molecule has 0 unspecified atom stereocenters. The molecule has 0 bridgehead atoms. The number of carbonyl (C=O) groups excluding carboxylic acids is 1. The van der Waals surface area contributed by atoms with Gasteiger partial charge in [0, 0.05) is 80.6 Å². The van der Waals surface area contributed by atoms with Crippen LogP contribution in [0.15, 0.2) is 85.2 Å². The van der Waals surface area contributed by atoms with Crippen LogP contribution in [0.2, 0.25) is 0 Å². The molecule has 0 saturated carbocycles. The molecule has 1 amide bonds. The lowest BCUT2D eigenvalue weighted by Gasteiger charge is -2.28. The number of nitrogens with one attached hydrogen (secondary N) is 1. The van der Waals surface area contributed by atoms with Crippen molar-refractivity contribution in [2.75, 3.05) is 93.4 Å². The molecule has 3 aliphatic heterocycles. The summed E-state index contributed by atoms with van der Waals surface area (Å²) >= 11 is 5.99. The van der Waals surface area contributed by atoms with E-state index in [9.17, 15) is 4.79 Å². The van der Waals surface area contributed by atoms with Gasteiger partial charge in [-0.2, -0.15) is 4.98 Å². The van der Waals surface area contributed by atoms with Crippen molar-refractivity contribution >= 4 is 46.6 Å². The number of aromatic nitrogens is 4. The van der Waals surface area contributed by atoms with Gasteiger partial charge in [-0.25, -0.2) is 15.0 Å². The van der Waals surface area contributed by atoms with Crippen LogP contribution >= 0.6 is 12.2 Å². The number of carbonyl (C=O) groups is 1. The first-order valence-electron chi connectivity index (χ1n) is 19.1. The number of benzene rings is 3. The van der Waals surface area contributed by atoms with Crippen LogP contribution in [0.1, 0.15) is 27.0 Å². The van der Waals surface area contributed by atoms with Gasteiger partial charge in [0.05, 0.1) is 46.3 Å². The Kier molecular flexibility index (Phi) is 11.7. The van der Waals surface area contributed by atoms with E-state index in [2.05, 4.69) is 39.4 Å². The van der Waals surface area contributed by atoms with E-state index in [0.717, 1.165) is 51.0 Å². The average Bonchev–Trinajstić information content (AvgIpc) is 3.71. The number of hydrogen-bond donors (Lipinski definition) is 1. The van der Waals surface area contributed by atoms with Gasteiger partial charge in [-0.3, -0.25) is 4.79 Å². The summed E-state index contributed by atoms with van der Waals surface area (Å²) in [6.07, 6.45) is 4.38. The number of ether oxygens (including phenoxy) is 4. The van der Waals surface area contributed by atoms with Gasteiger partial charge in [-0.1, -0.05) is 24.3 Å². The number of hydrogen-bond acceptors (Lipinski definition) is 12. The summed E-state index contributed by atoms with van der Waals surface area (Å²) in [6.45, 7) is 6.66. The Labute approximate surface area is 337 Å². The van der Waals surface area contributed by atoms with Gasteiger partial charge in [0.1, 0.15) is 17.3 Å². The predicted octanol–water partition coefficient (Wildman–Crippen LogP) is 5.23. The number of anilines is 4. The van der Waals surface area contributed by atoms with Crippen molar-refractivity contribution in [2.24, 2.45) is 0 Å². The van der Waals surface area contributed by atoms with E-state index in [4.69, 9.17) is 51.1 Å². The zero-order chi connectivity index (χ0) is 39.1. The topological polar surface area (TPSA) is 131 Å². The van der Waals surface area contributed by atoms with E-state index in [0.29, 0.717) is 101 Å². The van der Waals surface area contributed by atoms with Crippen LogP contribution in [-0.4, -0.2) is 109 Å². The van der Waals surface area contributed by atoms with E-state index >= 15 is 0 Å². The van der Waals surface area contributed by atoms with Crippen LogP contribution in [0.3, 0.4) is 0 Å². The maximum Gasteiger partial charge on any atom is 0.254 e. The summed E-state index contributed by atoms with van der Waals surface area (Å²) in [7, 11) is 3.33. The molecule has 14 nitrogen and oxygen atoms in total. The van der Waals surface area contributed by atoms with Gasteiger partial charge in [0.2, 0.25) is 11.9 Å². The Morgan fingerprint density at radius 1 is 0.772 bits per heavy atom. The molecule has 3 aliphatic rings. The normalized spacial score (nSPS) is 15.2. The molecule has 0 radical (unpaired) electrons. The molecule has 0 aliphatic carbocycles. The lowest BCUT2D eigenvalue weighted by molar-refractivity contribution is 0.0303. The second-order valence-electron chi connectivity index (χ2n) is 13.9. The molecule has 57 heavy (non-hydrogen) atoms. The molecular weight excluding hydrogens is 743 g/mol. The number of fused-ring (bicyclic) bond motifs is 1. The predicted molar refractivity (Wildman–Crippen MR) is 222 cm³/mol. The van der Waals surface area contributed by atoms with Crippen LogP contribution in [0.4, 0.5) is 23.4 Å². The van der Waals surface area contributed by atoms with Gasteiger partial charge in [0.15, 0.2) is 5.11 Å². The monoisotopic (exact) mass is 787 g/mol. The van der Waals surface area contributed by atoms with Crippen molar-refractivity contribution in [3.8, 4) is 22.8 Å². The van der Waals surface area contributed by atoms with Gasteiger partial charge in [0.25, 0.3) is 5.91 Å². The zero-order valence-corrected chi connectivity index (χ0v) is 32.9. The smallest absolute Gasteiger partial charge is 0.254 e. The minimum Gasteiger partial charge on any atom is -0.497 e. The summed E-state index contributed by atoms with van der Waals surface area (Å²) in [6, 6.07) is 23.5. The highest BCUT2D eigenvalue weighted by molar-refractivity contribution is 7.80. The van der Waals surface area contributed by atoms with Crippen molar-refractivity contribution in [3.05, 3.63) is 107 Å². The Morgan fingerprint density at radius 2 is 1.35 bits per heavy atom. The van der Waals surface area contributed by atoms with Crippen molar-refractivity contribution in [1.82, 2.24) is 24.8 Å². The second-order valence-corrected chi connectivity index (χ2v) is 14.3. The molecule has 15 heteroatoms. The highest BCUT2D eigenvalue weighted by atomic mass is 32.1. The second kappa shape index (κ2) is 17.5. The van der Waals surface area contributed by atoms with Crippen molar-refractivity contribution in [1.29, 1.82) is 0 Å². The van der Waals surface area contributed by atoms with Gasteiger partial charge >= 0.3 is 0 Å². The first-order chi connectivity index (χ1) is 27.9. The van der Waals surface area contributed by atoms with E-state index in [1.807, 2.05) is 70.7 Å². The molecule has 5 heterocycles. The number of amides is 1. The van der Waals surface area contributed by atoms with Crippen molar-refractivity contribution < 1.29 is 23.7 Å². The third-order valence-corrected chi connectivity index (χ3v) is 10.6. The van der Waals surface area contributed by atoms with E-state index in [-0.39, 0.29) is 5.91 Å². The summed E-state index contributed by atoms with van der Waals surface area (Å²) < 4.78 is 21.8. The zero-order valence-electron chi connectivity index (χ0n) is 32.1. The molecule has 294 valence electrons. The molecule has 2 fully saturated rings. The summed E-state index contributed by atoms with van der Waals surface area (Å²) in [5, 5.41) is 3.89. The quantitative estimate of drug-likeness (QED) is 0.176. The van der Waals surface area contributed by atoms with Crippen LogP contribution in [0.5, 0.6) is 11.5 Å². The fraction of sp³-hybridized carbons (Fsp3) is 0.333. The number of morpholine rings is 2. The molecule has 0 spiro atoms. The fourth-order valence-electron chi connectivity index (χ4n) is 7.13. The third kappa shape index (κ3) is 8.75. The molecular formula is C42H45N9O5S. The highest BCUT2D eigenvalue weighted by Gasteiger charge is 2.31. The Morgan fingerprint density at radius 3 is 1.93 bits per heavy atom. The van der Waals surface area contributed by atoms with Crippen LogP contribution in [0, 0.1) is 0 Å².